The van der Waals surface area contributed by atoms with E-state index in [-0.39, 0.29) is 6.04 Å². The van der Waals surface area contributed by atoms with Gasteiger partial charge >= 0.3 is 0 Å². The summed E-state index contributed by atoms with van der Waals surface area (Å²) in [6.45, 7) is 2.33. The Morgan fingerprint density at radius 2 is 1.86 bits per heavy atom. The first kappa shape index (κ1) is 14.6. The number of nitrogen functional groups attached to an aromatic ring is 1. The highest BCUT2D eigenvalue weighted by Gasteiger charge is 2.38. The summed E-state index contributed by atoms with van der Waals surface area (Å²) in [4.78, 5) is 1.01. The zero-order chi connectivity index (χ0) is 15.0. The van der Waals surface area contributed by atoms with Crippen molar-refractivity contribution < 1.29 is 8.42 Å². The van der Waals surface area contributed by atoms with Crippen molar-refractivity contribution in [3.63, 3.8) is 0 Å². The van der Waals surface area contributed by atoms with E-state index >= 15 is 0 Å². The lowest BCUT2D eigenvalue weighted by molar-refractivity contribution is 0.400. The lowest BCUT2D eigenvalue weighted by Gasteiger charge is -2.21. The van der Waals surface area contributed by atoms with Crippen LogP contribution in [0.5, 0.6) is 0 Å². The summed E-state index contributed by atoms with van der Waals surface area (Å²) in [6.07, 6.45) is 1.89. The molecule has 0 aliphatic heterocycles. The average molecular weight is 322 g/mol. The first-order valence-electron chi connectivity index (χ1n) is 6.89. The maximum atomic E-state index is 12.8. The molecule has 1 aliphatic rings. The summed E-state index contributed by atoms with van der Waals surface area (Å²) in [5.41, 5.74) is 7.33. The first-order chi connectivity index (χ1) is 9.96. The van der Waals surface area contributed by atoms with E-state index in [1.807, 2.05) is 37.3 Å². The molecule has 0 unspecified atom stereocenters. The van der Waals surface area contributed by atoms with Crippen LogP contribution in [0.15, 0.2) is 40.6 Å². The lowest BCUT2D eigenvalue weighted by Crippen LogP contribution is -2.32. The van der Waals surface area contributed by atoms with Crippen LogP contribution >= 0.6 is 11.3 Å². The quantitative estimate of drug-likeness (QED) is 0.861. The molecule has 0 bridgehead atoms. The summed E-state index contributed by atoms with van der Waals surface area (Å²) in [6, 6.07) is 11.1. The molecule has 2 aromatic rings. The topological polar surface area (TPSA) is 63.4 Å². The van der Waals surface area contributed by atoms with Gasteiger partial charge < -0.3 is 5.73 Å². The fourth-order valence-electron chi connectivity index (χ4n) is 2.24. The third-order valence-corrected chi connectivity index (χ3v) is 6.92. The summed E-state index contributed by atoms with van der Waals surface area (Å²) >= 11 is 1.33. The van der Waals surface area contributed by atoms with Crippen LogP contribution in [-0.4, -0.2) is 18.8 Å². The third kappa shape index (κ3) is 3.12. The molecule has 4 nitrogen and oxygen atoms in total. The second-order valence-corrected chi connectivity index (χ2v) is 8.79. The molecule has 0 saturated heterocycles. The van der Waals surface area contributed by atoms with Gasteiger partial charge in [-0.25, -0.2) is 8.42 Å². The number of thiophene rings is 1. The van der Waals surface area contributed by atoms with Crippen molar-refractivity contribution in [3.8, 4) is 0 Å². The van der Waals surface area contributed by atoms with Gasteiger partial charge in [-0.3, -0.25) is 0 Å². The number of hydrogen-bond acceptors (Lipinski definition) is 4. The number of aryl methyl sites for hydroxylation is 1. The van der Waals surface area contributed by atoms with Gasteiger partial charge in [-0.15, -0.1) is 11.3 Å². The predicted octanol–water partition coefficient (Wildman–Crippen LogP) is 2.99. The van der Waals surface area contributed by atoms with Gasteiger partial charge in [0.25, 0.3) is 10.0 Å². The van der Waals surface area contributed by atoms with Gasteiger partial charge in [0.15, 0.2) is 0 Å². The van der Waals surface area contributed by atoms with E-state index in [4.69, 9.17) is 5.73 Å². The van der Waals surface area contributed by atoms with Crippen LogP contribution in [0.1, 0.15) is 23.3 Å². The molecule has 1 aromatic carbocycles. The van der Waals surface area contributed by atoms with Crippen molar-refractivity contribution in [1.29, 1.82) is 0 Å². The molecule has 6 heteroatoms. The zero-order valence-corrected chi connectivity index (χ0v) is 13.5. The van der Waals surface area contributed by atoms with Crippen LogP contribution in [0.25, 0.3) is 0 Å². The van der Waals surface area contributed by atoms with Crippen molar-refractivity contribution in [3.05, 3.63) is 46.8 Å². The van der Waals surface area contributed by atoms with E-state index in [9.17, 15) is 8.42 Å². The molecule has 112 valence electrons. The molecule has 1 saturated carbocycles. The van der Waals surface area contributed by atoms with Gasteiger partial charge in [0.05, 0.1) is 0 Å². The SMILES string of the molecule is Cc1ccc(S(=O)(=O)N(Cc2ccc(N)cc2)C2CC2)s1. The summed E-state index contributed by atoms with van der Waals surface area (Å²) < 4.78 is 27.7. The summed E-state index contributed by atoms with van der Waals surface area (Å²) in [5, 5.41) is 0. The van der Waals surface area contributed by atoms with Crippen LogP contribution in [-0.2, 0) is 16.6 Å². The first-order valence-corrected chi connectivity index (χ1v) is 9.15. The minimum Gasteiger partial charge on any atom is -0.399 e. The number of rotatable bonds is 5. The van der Waals surface area contributed by atoms with Crippen molar-refractivity contribution in [2.24, 2.45) is 0 Å². The Morgan fingerprint density at radius 3 is 2.38 bits per heavy atom. The standard InChI is InChI=1S/C15H18N2O2S2/c1-11-2-9-15(20-11)21(18,19)17(14-7-8-14)10-12-3-5-13(16)6-4-12/h2-6,9,14H,7-8,10,16H2,1H3. The molecule has 0 atom stereocenters. The second kappa shape index (κ2) is 5.44. The van der Waals surface area contributed by atoms with E-state index in [2.05, 4.69) is 0 Å². The van der Waals surface area contributed by atoms with E-state index in [0.717, 1.165) is 23.3 Å². The van der Waals surface area contributed by atoms with Gasteiger partial charge in [0, 0.05) is 23.2 Å². The highest BCUT2D eigenvalue weighted by atomic mass is 32.2. The molecule has 1 heterocycles. The molecular weight excluding hydrogens is 304 g/mol. The van der Waals surface area contributed by atoms with Gasteiger partial charge in [0.1, 0.15) is 4.21 Å². The van der Waals surface area contributed by atoms with E-state index in [1.165, 1.54) is 11.3 Å². The monoisotopic (exact) mass is 322 g/mol. The smallest absolute Gasteiger partial charge is 0.253 e. The highest BCUT2D eigenvalue weighted by Crippen LogP contribution is 2.35. The van der Waals surface area contributed by atoms with Crippen LogP contribution in [0.2, 0.25) is 0 Å². The maximum Gasteiger partial charge on any atom is 0.253 e. The van der Waals surface area contributed by atoms with Crippen molar-refractivity contribution in [2.45, 2.75) is 36.6 Å². The maximum absolute atomic E-state index is 12.8. The Morgan fingerprint density at radius 1 is 1.19 bits per heavy atom. The normalized spacial score (nSPS) is 15.5. The van der Waals surface area contributed by atoms with Gasteiger partial charge in [-0.1, -0.05) is 12.1 Å². The zero-order valence-electron chi connectivity index (χ0n) is 11.8. The van der Waals surface area contributed by atoms with Crippen molar-refractivity contribution in [2.75, 3.05) is 5.73 Å². The van der Waals surface area contributed by atoms with Crippen LogP contribution in [0.4, 0.5) is 5.69 Å². The molecular formula is C15H18N2O2S2. The van der Waals surface area contributed by atoms with Crippen molar-refractivity contribution >= 4 is 27.0 Å². The summed E-state index contributed by atoms with van der Waals surface area (Å²) in [5.74, 6) is 0. The molecule has 21 heavy (non-hydrogen) atoms. The number of hydrogen-bond donors (Lipinski definition) is 1. The molecule has 1 fully saturated rings. The summed E-state index contributed by atoms with van der Waals surface area (Å²) in [7, 11) is -3.40. The van der Waals surface area contributed by atoms with Gasteiger partial charge in [0.2, 0.25) is 0 Å². The largest absolute Gasteiger partial charge is 0.399 e. The van der Waals surface area contributed by atoms with Gasteiger partial charge in [-0.2, -0.15) is 4.31 Å². The van der Waals surface area contributed by atoms with Gasteiger partial charge in [-0.05, 0) is 49.6 Å². The Hall–Kier alpha value is -1.37. The van der Waals surface area contributed by atoms with E-state index in [0.29, 0.717) is 16.4 Å². The molecule has 1 aliphatic carbocycles. The minimum atomic E-state index is -3.40. The fraction of sp³-hybridized carbons (Fsp3) is 0.333. The number of sulfonamides is 1. The molecule has 0 amide bonds. The molecule has 2 N–H and O–H groups in total. The fourth-order valence-corrected chi connectivity index (χ4v) is 5.33. The highest BCUT2D eigenvalue weighted by molar-refractivity contribution is 7.91. The molecule has 3 rings (SSSR count). The lowest BCUT2D eigenvalue weighted by atomic mass is 10.2. The average Bonchev–Trinajstić information content (AvgIpc) is 3.18. The minimum absolute atomic E-state index is 0.134. The molecule has 0 spiro atoms. The number of benzene rings is 1. The predicted molar refractivity (Wildman–Crippen MR) is 85.7 cm³/mol. The van der Waals surface area contributed by atoms with Crippen LogP contribution in [0, 0.1) is 6.92 Å². The Kier molecular flexibility index (Phi) is 3.77. The number of nitrogens with two attached hydrogens (primary N) is 1. The molecule has 0 radical (unpaired) electrons. The third-order valence-electron chi connectivity index (χ3n) is 3.55. The molecule has 1 aromatic heterocycles. The Balaban J connectivity index is 1.89. The van der Waals surface area contributed by atoms with Crippen molar-refractivity contribution in [1.82, 2.24) is 4.31 Å². The number of nitrogens with zero attached hydrogens (tertiary/aromatic N) is 1. The van der Waals surface area contributed by atoms with Crippen LogP contribution < -0.4 is 5.73 Å². The number of anilines is 1. The Bertz CT molecular complexity index is 731. The Labute approximate surface area is 129 Å². The second-order valence-electron chi connectivity index (χ2n) is 5.39. The van der Waals surface area contributed by atoms with Crippen LogP contribution in [0.3, 0.4) is 0 Å². The van der Waals surface area contributed by atoms with E-state index < -0.39 is 10.0 Å². The van der Waals surface area contributed by atoms with E-state index in [1.54, 1.807) is 10.4 Å².